The van der Waals surface area contributed by atoms with Crippen LogP contribution in [0.4, 0.5) is 5.69 Å². The highest BCUT2D eigenvalue weighted by Crippen LogP contribution is 2.27. The molecule has 2 rings (SSSR count). The number of aryl methyl sites for hydroxylation is 1. The van der Waals surface area contributed by atoms with E-state index in [1.165, 1.54) is 0 Å². The normalized spacial score (nSPS) is 17.9. The maximum atomic E-state index is 11.2. The molecule has 1 heterocycles. The van der Waals surface area contributed by atoms with Gasteiger partial charge in [0.05, 0.1) is 0 Å². The molecule has 0 bridgehead atoms. The monoisotopic (exact) mass is 234 g/mol. The zero-order chi connectivity index (χ0) is 12.4. The molecule has 1 amide bonds. The molecule has 3 N–H and O–H groups in total. The molecule has 4 nitrogen and oxygen atoms in total. The van der Waals surface area contributed by atoms with E-state index < -0.39 is 0 Å². The minimum absolute atomic E-state index is 0.00858. The summed E-state index contributed by atoms with van der Waals surface area (Å²) in [6.45, 7) is 3.87. The second-order valence-electron chi connectivity index (χ2n) is 4.55. The van der Waals surface area contributed by atoms with Crippen LogP contribution in [0.25, 0.3) is 0 Å². The minimum Gasteiger partial charge on any atom is -0.489 e. The van der Waals surface area contributed by atoms with Gasteiger partial charge < -0.3 is 15.8 Å². The van der Waals surface area contributed by atoms with E-state index in [-0.39, 0.29) is 18.1 Å². The first-order chi connectivity index (χ1) is 8.06. The fourth-order valence-corrected chi connectivity index (χ4v) is 1.76. The summed E-state index contributed by atoms with van der Waals surface area (Å²) < 4.78 is 5.73. The predicted molar refractivity (Wildman–Crippen MR) is 67.1 cm³/mol. The van der Waals surface area contributed by atoms with Crippen molar-refractivity contribution in [1.29, 1.82) is 0 Å². The Kier molecular flexibility index (Phi) is 3.33. The summed E-state index contributed by atoms with van der Waals surface area (Å²) in [5, 5.41) is 2.84. The Morgan fingerprint density at radius 1 is 1.35 bits per heavy atom. The third-order valence-corrected chi connectivity index (χ3v) is 3.03. The molecule has 17 heavy (non-hydrogen) atoms. The topological polar surface area (TPSA) is 64.3 Å². The van der Waals surface area contributed by atoms with Crippen LogP contribution in [0.2, 0.25) is 0 Å². The quantitative estimate of drug-likeness (QED) is 0.836. The lowest BCUT2D eigenvalue weighted by atomic mass is 10.0. The molecule has 1 unspecified atom stereocenters. The predicted octanol–water partition coefficient (Wildman–Crippen LogP) is 1.69. The van der Waals surface area contributed by atoms with Crippen LogP contribution in [0.1, 0.15) is 25.8 Å². The van der Waals surface area contributed by atoms with Crippen molar-refractivity contribution in [2.75, 3.05) is 5.32 Å². The fourth-order valence-electron chi connectivity index (χ4n) is 1.76. The van der Waals surface area contributed by atoms with Crippen molar-refractivity contribution in [3.05, 3.63) is 23.8 Å². The summed E-state index contributed by atoms with van der Waals surface area (Å²) in [5.41, 5.74) is 7.77. The van der Waals surface area contributed by atoms with Gasteiger partial charge >= 0.3 is 0 Å². The van der Waals surface area contributed by atoms with E-state index >= 15 is 0 Å². The lowest BCUT2D eigenvalue weighted by Crippen LogP contribution is -2.33. The third-order valence-electron chi connectivity index (χ3n) is 3.03. The molecular formula is C13H18N2O2. The zero-order valence-corrected chi connectivity index (χ0v) is 10.2. The number of hydrogen-bond donors (Lipinski definition) is 2. The van der Waals surface area contributed by atoms with Crippen molar-refractivity contribution >= 4 is 11.6 Å². The van der Waals surface area contributed by atoms with Gasteiger partial charge in [0.15, 0.2) is 0 Å². The highest BCUT2D eigenvalue weighted by molar-refractivity contribution is 5.93. The summed E-state index contributed by atoms with van der Waals surface area (Å²) >= 11 is 0. The van der Waals surface area contributed by atoms with Crippen LogP contribution in [0.15, 0.2) is 18.2 Å². The zero-order valence-electron chi connectivity index (χ0n) is 10.2. The number of benzene rings is 1. The van der Waals surface area contributed by atoms with Gasteiger partial charge in [-0.05, 0) is 44.0 Å². The number of rotatable bonds is 3. The van der Waals surface area contributed by atoms with Crippen molar-refractivity contribution in [2.45, 2.75) is 38.8 Å². The van der Waals surface area contributed by atoms with E-state index in [0.29, 0.717) is 6.42 Å². The van der Waals surface area contributed by atoms with Crippen LogP contribution in [-0.2, 0) is 11.2 Å². The molecule has 2 atom stereocenters. The number of ether oxygens (including phenoxy) is 1. The molecule has 92 valence electrons. The molecule has 0 spiro atoms. The van der Waals surface area contributed by atoms with Gasteiger partial charge in [0.2, 0.25) is 5.91 Å². The summed E-state index contributed by atoms with van der Waals surface area (Å²) in [6, 6.07) is 5.72. The molecule has 0 saturated carbocycles. The van der Waals surface area contributed by atoms with Crippen molar-refractivity contribution in [3.8, 4) is 5.75 Å². The van der Waals surface area contributed by atoms with Gasteiger partial charge in [-0.3, -0.25) is 4.79 Å². The van der Waals surface area contributed by atoms with Gasteiger partial charge in [0.1, 0.15) is 11.9 Å². The number of amides is 1. The van der Waals surface area contributed by atoms with E-state index in [1.807, 2.05) is 32.0 Å². The number of anilines is 1. The number of fused-ring (bicyclic) bond motifs is 1. The molecule has 0 fully saturated rings. The SMILES string of the molecule is CC(Oc1ccc2c(c1)CCC(=O)N2)[C@H](C)N. The van der Waals surface area contributed by atoms with E-state index in [9.17, 15) is 4.79 Å². The smallest absolute Gasteiger partial charge is 0.224 e. The van der Waals surface area contributed by atoms with Gasteiger partial charge in [0.25, 0.3) is 0 Å². The van der Waals surface area contributed by atoms with E-state index in [2.05, 4.69) is 5.32 Å². The maximum Gasteiger partial charge on any atom is 0.224 e. The molecule has 1 aliphatic rings. The molecule has 0 aromatic heterocycles. The first-order valence-electron chi connectivity index (χ1n) is 5.91. The van der Waals surface area contributed by atoms with Crippen LogP contribution < -0.4 is 15.8 Å². The average molecular weight is 234 g/mol. The Bertz CT molecular complexity index is 429. The molecule has 1 aromatic rings. The Balaban J connectivity index is 2.14. The van der Waals surface area contributed by atoms with E-state index in [1.54, 1.807) is 0 Å². The largest absolute Gasteiger partial charge is 0.489 e. The highest BCUT2D eigenvalue weighted by Gasteiger charge is 2.16. The first kappa shape index (κ1) is 11.9. The number of hydrogen-bond acceptors (Lipinski definition) is 3. The molecule has 0 aliphatic carbocycles. The second-order valence-corrected chi connectivity index (χ2v) is 4.55. The average Bonchev–Trinajstić information content (AvgIpc) is 2.29. The lowest BCUT2D eigenvalue weighted by molar-refractivity contribution is -0.116. The van der Waals surface area contributed by atoms with Gasteiger partial charge in [-0.15, -0.1) is 0 Å². The van der Waals surface area contributed by atoms with Crippen molar-refractivity contribution in [3.63, 3.8) is 0 Å². The third kappa shape index (κ3) is 2.77. The Morgan fingerprint density at radius 3 is 2.82 bits per heavy atom. The summed E-state index contributed by atoms with van der Waals surface area (Å²) in [7, 11) is 0. The molecule has 0 saturated heterocycles. The number of nitrogens with one attached hydrogen (secondary N) is 1. The van der Waals surface area contributed by atoms with Crippen molar-refractivity contribution < 1.29 is 9.53 Å². The van der Waals surface area contributed by atoms with Crippen molar-refractivity contribution in [2.24, 2.45) is 5.73 Å². The second kappa shape index (κ2) is 4.75. The number of carbonyl (C=O) groups excluding carboxylic acids is 1. The lowest BCUT2D eigenvalue weighted by Gasteiger charge is -2.21. The van der Waals surface area contributed by atoms with Gasteiger partial charge in [-0.1, -0.05) is 0 Å². The van der Waals surface area contributed by atoms with Crippen molar-refractivity contribution in [1.82, 2.24) is 0 Å². The van der Waals surface area contributed by atoms with Gasteiger partial charge in [0, 0.05) is 18.2 Å². The van der Waals surface area contributed by atoms with E-state index in [4.69, 9.17) is 10.5 Å². The summed E-state index contributed by atoms with van der Waals surface area (Å²) in [4.78, 5) is 11.2. The van der Waals surface area contributed by atoms with Crippen LogP contribution in [0.5, 0.6) is 5.75 Å². The number of carbonyl (C=O) groups is 1. The van der Waals surface area contributed by atoms with Crippen LogP contribution in [0.3, 0.4) is 0 Å². The Labute approximate surface area is 101 Å². The highest BCUT2D eigenvalue weighted by atomic mass is 16.5. The van der Waals surface area contributed by atoms with Gasteiger partial charge in [-0.25, -0.2) is 0 Å². The maximum absolute atomic E-state index is 11.2. The number of nitrogens with two attached hydrogens (primary N) is 1. The molecule has 0 radical (unpaired) electrons. The first-order valence-corrected chi connectivity index (χ1v) is 5.91. The van der Waals surface area contributed by atoms with Crippen LogP contribution in [0, 0.1) is 0 Å². The Hall–Kier alpha value is -1.55. The fraction of sp³-hybridized carbons (Fsp3) is 0.462. The summed E-state index contributed by atoms with van der Waals surface area (Å²) in [5.74, 6) is 0.889. The Morgan fingerprint density at radius 2 is 2.12 bits per heavy atom. The van der Waals surface area contributed by atoms with Crippen LogP contribution in [-0.4, -0.2) is 18.1 Å². The van der Waals surface area contributed by atoms with Gasteiger partial charge in [-0.2, -0.15) is 0 Å². The molecule has 1 aliphatic heterocycles. The molecule has 4 heteroatoms. The van der Waals surface area contributed by atoms with E-state index in [0.717, 1.165) is 23.4 Å². The summed E-state index contributed by atoms with van der Waals surface area (Å²) in [6.07, 6.45) is 1.29. The standard InChI is InChI=1S/C13H18N2O2/c1-8(14)9(2)17-11-4-5-12-10(7-11)3-6-13(16)15-12/h4-5,7-9H,3,6,14H2,1-2H3,(H,15,16)/t8-,9?/m0/s1. The van der Waals surface area contributed by atoms with Crippen LogP contribution >= 0.6 is 0 Å². The molecular weight excluding hydrogens is 216 g/mol. The molecule has 1 aromatic carbocycles. The minimum atomic E-state index is -0.0220.